The molecule has 0 saturated heterocycles. The second-order valence-electron chi connectivity index (χ2n) is 3.23. The van der Waals surface area contributed by atoms with E-state index in [-0.39, 0.29) is 11.6 Å². The van der Waals surface area contributed by atoms with Crippen molar-refractivity contribution in [2.24, 2.45) is 0 Å². The van der Waals surface area contributed by atoms with Gasteiger partial charge in [0.25, 0.3) is 0 Å². The third kappa shape index (κ3) is 5.37. The van der Waals surface area contributed by atoms with Gasteiger partial charge < -0.3 is 10.2 Å². The maximum atomic E-state index is 12.7. The van der Waals surface area contributed by atoms with Gasteiger partial charge in [0.1, 0.15) is 11.6 Å². The molecule has 0 bridgehead atoms. The minimum absolute atomic E-state index is 0.206. The summed E-state index contributed by atoms with van der Waals surface area (Å²) in [6, 6.07) is 4.10. The molecule has 2 N–H and O–H groups in total. The Labute approximate surface area is 90.4 Å². The molecule has 0 heterocycles. The van der Waals surface area contributed by atoms with Crippen LogP contribution >= 0.6 is 0 Å². The highest BCUT2D eigenvalue weighted by Crippen LogP contribution is 2.19. The van der Waals surface area contributed by atoms with E-state index in [1.165, 1.54) is 18.2 Å². The average molecular weight is 214 g/mol. The summed E-state index contributed by atoms with van der Waals surface area (Å²) in [6.07, 6.45) is 4.02. The number of phenols is 1. The van der Waals surface area contributed by atoms with Crippen molar-refractivity contribution >= 4 is 0 Å². The lowest BCUT2D eigenvalue weighted by Crippen LogP contribution is -1.87. The van der Waals surface area contributed by atoms with Crippen LogP contribution in [0.1, 0.15) is 31.7 Å². The Balaban J connectivity index is 0.000000921. The van der Waals surface area contributed by atoms with Crippen LogP contribution in [0.4, 0.5) is 4.39 Å². The number of aryl methyl sites for hydroxylation is 1. The molecule has 0 aliphatic heterocycles. The van der Waals surface area contributed by atoms with Crippen molar-refractivity contribution in [3.8, 4) is 5.75 Å². The molecule has 0 atom stereocenters. The Morgan fingerprint density at radius 3 is 2.47 bits per heavy atom. The zero-order chi connectivity index (χ0) is 11.7. The van der Waals surface area contributed by atoms with Crippen LogP contribution in [0.3, 0.4) is 0 Å². The van der Waals surface area contributed by atoms with Crippen LogP contribution in [0.2, 0.25) is 0 Å². The van der Waals surface area contributed by atoms with E-state index in [0.29, 0.717) is 5.56 Å². The van der Waals surface area contributed by atoms with Gasteiger partial charge in [-0.1, -0.05) is 19.8 Å². The van der Waals surface area contributed by atoms with Crippen LogP contribution in [0, 0.1) is 5.82 Å². The number of aromatic hydroxyl groups is 1. The summed E-state index contributed by atoms with van der Waals surface area (Å²) in [5.41, 5.74) is 0.716. The third-order valence-corrected chi connectivity index (χ3v) is 2.09. The van der Waals surface area contributed by atoms with Crippen molar-refractivity contribution in [3.63, 3.8) is 0 Å². The van der Waals surface area contributed by atoms with Crippen LogP contribution in [0.15, 0.2) is 18.2 Å². The van der Waals surface area contributed by atoms with Crippen LogP contribution in [-0.2, 0) is 6.42 Å². The number of rotatable bonds is 4. The first kappa shape index (κ1) is 13.9. The fourth-order valence-corrected chi connectivity index (χ4v) is 1.32. The van der Waals surface area contributed by atoms with Gasteiger partial charge in [-0.25, -0.2) is 4.39 Å². The number of phenolic OH excluding ortho intramolecular Hbond substituents is 1. The second-order valence-corrected chi connectivity index (χ2v) is 3.23. The molecule has 0 aliphatic rings. The fraction of sp³-hybridized carbons (Fsp3) is 0.500. The van der Waals surface area contributed by atoms with Gasteiger partial charge in [0.2, 0.25) is 0 Å². The van der Waals surface area contributed by atoms with E-state index in [2.05, 4.69) is 6.92 Å². The molecule has 1 aromatic rings. The molecule has 0 saturated carbocycles. The van der Waals surface area contributed by atoms with Gasteiger partial charge in [-0.15, -0.1) is 0 Å². The van der Waals surface area contributed by atoms with Crippen LogP contribution in [-0.4, -0.2) is 17.3 Å². The maximum absolute atomic E-state index is 12.7. The van der Waals surface area contributed by atoms with E-state index < -0.39 is 0 Å². The Bertz CT molecular complexity index is 274. The van der Waals surface area contributed by atoms with E-state index in [0.717, 1.165) is 32.8 Å². The molecule has 0 aromatic heterocycles. The minimum Gasteiger partial charge on any atom is -0.508 e. The molecular weight excluding hydrogens is 195 g/mol. The van der Waals surface area contributed by atoms with E-state index >= 15 is 0 Å². The number of hydrogen-bond donors (Lipinski definition) is 2. The molecule has 0 spiro atoms. The molecular formula is C12H19FO2. The average Bonchev–Trinajstić information content (AvgIpc) is 2.26. The third-order valence-electron chi connectivity index (χ3n) is 2.09. The van der Waals surface area contributed by atoms with E-state index in [1.807, 2.05) is 0 Å². The first-order valence-corrected chi connectivity index (χ1v) is 5.16. The van der Waals surface area contributed by atoms with Gasteiger partial charge in [0.05, 0.1) is 0 Å². The highest BCUT2D eigenvalue weighted by Gasteiger charge is 2.01. The lowest BCUT2D eigenvalue weighted by atomic mass is 10.1. The fourth-order valence-electron chi connectivity index (χ4n) is 1.32. The van der Waals surface area contributed by atoms with Crippen molar-refractivity contribution < 1.29 is 14.6 Å². The number of aliphatic hydroxyl groups excluding tert-OH is 1. The minimum atomic E-state index is -0.274. The van der Waals surface area contributed by atoms with Gasteiger partial charge in [-0.3, -0.25) is 0 Å². The first-order chi connectivity index (χ1) is 7.24. The van der Waals surface area contributed by atoms with E-state index in [9.17, 15) is 9.50 Å². The summed E-state index contributed by atoms with van der Waals surface area (Å²) in [5, 5.41) is 16.4. The van der Waals surface area contributed by atoms with Gasteiger partial charge in [0.15, 0.2) is 0 Å². The van der Waals surface area contributed by atoms with Crippen molar-refractivity contribution in [2.45, 2.75) is 32.6 Å². The molecule has 1 rings (SSSR count). The molecule has 86 valence electrons. The van der Waals surface area contributed by atoms with Crippen LogP contribution in [0.25, 0.3) is 0 Å². The topological polar surface area (TPSA) is 40.5 Å². The Morgan fingerprint density at radius 1 is 1.20 bits per heavy atom. The summed E-state index contributed by atoms with van der Waals surface area (Å²) in [7, 11) is 1.00. The Hall–Kier alpha value is -1.09. The van der Waals surface area contributed by atoms with Crippen LogP contribution < -0.4 is 0 Å². The summed E-state index contributed by atoms with van der Waals surface area (Å²) in [6.45, 7) is 2.12. The summed E-state index contributed by atoms with van der Waals surface area (Å²) in [4.78, 5) is 0. The molecule has 3 heteroatoms. The number of benzene rings is 1. The van der Waals surface area contributed by atoms with Crippen molar-refractivity contribution in [1.29, 1.82) is 0 Å². The van der Waals surface area contributed by atoms with Crippen molar-refractivity contribution in [3.05, 3.63) is 29.6 Å². The molecule has 1 aromatic carbocycles. The van der Waals surface area contributed by atoms with Crippen molar-refractivity contribution in [2.75, 3.05) is 7.11 Å². The smallest absolute Gasteiger partial charge is 0.123 e. The summed E-state index contributed by atoms with van der Waals surface area (Å²) >= 11 is 0. The molecule has 0 aliphatic carbocycles. The zero-order valence-corrected chi connectivity index (χ0v) is 9.33. The quantitative estimate of drug-likeness (QED) is 0.756. The van der Waals surface area contributed by atoms with E-state index in [4.69, 9.17) is 5.11 Å². The molecule has 15 heavy (non-hydrogen) atoms. The predicted molar refractivity (Wildman–Crippen MR) is 59.4 cm³/mol. The number of unbranched alkanes of at least 4 members (excludes halogenated alkanes) is 2. The van der Waals surface area contributed by atoms with E-state index in [1.54, 1.807) is 0 Å². The second kappa shape index (κ2) is 8.24. The standard InChI is InChI=1S/C11H15FO.CH4O/c1-2-3-4-5-9-8-10(12)6-7-11(9)13;1-2/h6-8,13H,2-5H2,1H3;2H,1H3. The predicted octanol–water partition coefficient (Wildman–Crippen LogP) is 2.87. The SMILES string of the molecule is CCCCCc1cc(F)ccc1O.CO. The molecule has 0 fully saturated rings. The summed E-state index contributed by atoms with van der Waals surface area (Å²) in [5.74, 6) is -0.0678. The molecule has 0 unspecified atom stereocenters. The number of aliphatic hydroxyl groups is 1. The Morgan fingerprint density at radius 2 is 1.87 bits per heavy atom. The highest BCUT2D eigenvalue weighted by molar-refractivity contribution is 5.32. The maximum Gasteiger partial charge on any atom is 0.123 e. The van der Waals surface area contributed by atoms with Crippen molar-refractivity contribution in [1.82, 2.24) is 0 Å². The van der Waals surface area contributed by atoms with Gasteiger partial charge in [-0.2, -0.15) is 0 Å². The highest BCUT2D eigenvalue weighted by atomic mass is 19.1. The summed E-state index contributed by atoms with van der Waals surface area (Å²) < 4.78 is 12.7. The normalized spacial score (nSPS) is 9.33. The van der Waals surface area contributed by atoms with Gasteiger partial charge in [-0.05, 0) is 36.6 Å². The Kier molecular flexibility index (Phi) is 7.64. The zero-order valence-electron chi connectivity index (χ0n) is 9.33. The molecule has 0 amide bonds. The van der Waals surface area contributed by atoms with Crippen LogP contribution in [0.5, 0.6) is 5.75 Å². The molecule has 0 radical (unpaired) electrons. The number of hydrogen-bond acceptors (Lipinski definition) is 2. The monoisotopic (exact) mass is 214 g/mol. The first-order valence-electron chi connectivity index (χ1n) is 5.16. The van der Waals surface area contributed by atoms with Gasteiger partial charge >= 0.3 is 0 Å². The largest absolute Gasteiger partial charge is 0.508 e. The molecule has 2 nitrogen and oxygen atoms in total. The van der Waals surface area contributed by atoms with Gasteiger partial charge in [0, 0.05) is 7.11 Å². The lowest BCUT2D eigenvalue weighted by Gasteiger charge is -2.03. The lowest BCUT2D eigenvalue weighted by molar-refractivity contribution is 0.399. The number of halogens is 1.